The number of nitrogens with zero attached hydrogens (tertiary/aromatic N) is 1. The summed E-state index contributed by atoms with van der Waals surface area (Å²) in [4.78, 5) is 15.1. The smallest absolute Gasteiger partial charge is 0.330 e. The van der Waals surface area contributed by atoms with Gasteiger partial charge in [-0.25, -0.2) is 13.8 Å². The Morgan fingerprint density at radius 1 is 1.50 bits per heavy atom. The largest absolute Gasteiger partial charge is 0.383 e. The number of ether oxygens (including phenoxy) is 1. The van der Waals surface area contributed by atoms with Crippen LogP contribution >= 0.6 is 0 Å². The number of carbonyl (C=O) groups is 1. The highest BCUT2D eigenvalue weighted by atomic mass is 19.3. The van der Waals surface area contributed by atoms with Crippen LogP contribution in [0.2, 0.25) is 0 Å². The second kappa shape index (κ2) is 5.76. The van der Waals surface area contributed by atoms with Crippen LogP contribution in [0.5, 0.6) is 0 Å². The maximum absolute atomic E-state index is 12.5. The van der Waals surface area contributed by atoms with E-state index in [4.69, 9.17) is 5.73 Å². The standard InChI is InChI=1S/C10H10F4N2O2/c11-9(12)10(13,14)5-18-4-7(17)6-2-1-3-16-8(6)15/h1-3,9H,4-5H2,(H2,15,16). The number of nitrogen functional groups attached to an aromatic ring is 1. The van der Waals surface area contributed by atoms with Crippen LogP contribution < -0.4 is 5.73 Å². The van der Waals surface area contributed by atoms with E-state index in [1.807, 2.05) is 0 Å². The number of carbonyl (C=O) groups excluding carboxylic acids is 1. The van der Waals surface area contributed by atoms with Gasteiger partial charge in [0, 0.05) is 6.20 Å². The number of aromatic nitrogens is 1. The van der Waals surface area contributed by atoms with Crippen molar-refractivity contribution in [2.24, 2.45) is 0 Å². The zero-order valence-electron chi connectivity index (χ0n) is 9.08. The van der Waals surface area contributed by atoms with Crippen LogP contribution in [0.15, 0.2) is 18.3 Å². The van der Waals surface area contributed by atoms with Gasteiger partial charge in [0.2, 0.25) is 0 Å². The van der Waals surface area contributed by atoms with Crippen LogP contribution in [0.1, 0.15) is 10.4 Å². The quantitative estimate of drug-likeness (QED) is 0.629. The molecule has 100 valence electrons. The lowest BCUT2D eigenvalue weighted by molar-refractivity contribution is -0.163. The highest BCUT2D eigenvalue weighted by molar-refractivity contribution is 6.00. The molecule has 0 radical (unpaired) electrons. The minimum Gasteiger partial charge on any atom is -0.383 e. The molecule has 0 fully saturated rings. The SMILES string of the molecule is Nc1ncccc1C(=O)COCC(F)(F)C(F)F. The molecule has 0 spiro atoms. The fourth-order valence-corrected chi connectivity index (χ4v) is 1.07. The topological polar surface area (TPSA) is 65.2 Å². The number of alkyl halides is 4. The summed E-state index contributed by atoms with van der Waals surface area (Å²) in [5.41, 5.74) is 5.37. The van der Waals surface area contributed by atoms with Gasteiger partial charge in [0.05, 0.1) is 5.56 Å². The molecule has 1 aromatic heterocycles. The van der Waals surface area contributed by atoms with Gasteiger partial charge in [0.25, 0.3) is 0 Å². The molecular formula is C10H10F4N2O2. The highest BCUT2D eigenvalue weighted by Crippen LogP contribution is 2.22. The molecule has 1 heterocycles. The summed E-state index contributed by atoms with van der Waals surface area (Å²) in [5, 5.41) is 0. The minimum atomic E-state index is -4.28. The first-order valence-corrected chi connectivity index (χ1v) is 4.82. The molecule has 1 rings (SSSR count). The molecule has 0 unspecified atom stereocenters. The Kier molecular flexibility index (Phi) is 4.60. The molecule has 0 aromatic carbocycles. The first-order valence-electron chi connectivity index (χ1n) is 4.82. The molecule has 2 N–H and O–H groups in total. The molecule has 0 aliphatic heterocycles. The van der Waals surface area contributed by atoms with Crippen LogP contribution in [-0.4, -0.2) is 36.3 Å². The molecule has 0 aliphatic carbocycles. The van der Waals surface area contributed by atoms with E-state index >= 15 is 0 Å². The highest BCUT2D eigenvalue weighted by Gasteiger charge is 2.41. The Morgan fingerprint density at radius 3 is 2.72 bits per heavy atom. The van der Waals surface area contributed by atoms with Gasteiger partial charge in [-0.3, -0.25) is 4.79 Å². The molecular weight excluding hydrogens is 256 g/mol. The van der Waals surface area contributed by atoms with Crippen molar-refractivity contribution in [3.8, 4) is 0 Å². The fraction of sp³-hybridized carbons (Fsp3) is 0.400. The summed E-state index contributed by atoms with van der Waals surface area (Å²) >= 11 is 0. The fourth-order valence-electron chi connectivity index (χ4n) is 1.07. The van der Waals surface area contributed by atoms with Crippen LogP contribution in [-0.2, 0) is 4.74 Å². The maximum atomic E-state index is 12.5. The molecule has 18 heavy (non-hydrogen) atoms. The van der Waals surface area contributed by atoms with Crippen molar-refractivity contribution in [3.63, 3.8) is 0 Å². The van der Waals surface area contributed by atoms with Crippen LogP contribution in [0, 0.1) is 0 Å². The normalized spacial score (nSPS) is 11.8. The van der Waals surface area contributed by atoms with E-state index in [1.165, 1.54) is 18.3 Å². The Balaban J connectivity index is 2.51. The summed E-state index contributed by atoms with van der Waals surface area (Å²) in [7, 11) is 0. The second-order valence-corrected chi connectivity index (χ2v) is 3.41. The van der Waals surface area contributed by atoms with E-state index in [-0.39, 0.29) is 11.4 Å². The van der Waals surface area contributed by atoms with Gasteiger partial charge in [-0.05, 0) is 12.1 Å². The molecule has 8 heteroatoms. The lowest BCUT2D eigenvalue weighted by Gasteiger charge is -2.14. The van der Waals surface area contributed by atoms with Gasteiger partial charge >= 0.3 is 12.3 Å². The van der Waals surface area contributed by atoms with Gasteiger partial charge in [0.15, 0.2) is 5.78 Å². The van der Waals surface area contributed by atoms with E-state index in [0.717, 1.165) is 0 Å². The predicted molar refractivity (Wildman–Crippen MR) is 54.7 cm³/mol. The summed E-state index contributed by atoms with van der Waals surface area (Å²) in [6, 6.07) is 2.76. The Morgan fingerprint density at radius 2 is 2.17 bits per heavy atom. The number of nitrogens with two attached hydrogens (primary N) is 1. The lowest BCUT2D eigenvalue weighted by Crippen LogP contribution is -2.33. The number of Topliss-reactive ketones (excluding diaryl/α,β-unsaturated/α-hetero) is 1. The Bertz CT molecular complexity index is 426. The number of anilines is 1. The van der Waals surface area contributed by atoms with Crippen molar-refractivity contribution in [2.75, 3.05) is 18.9 Å². The molecule has 4 nitrogen and oxygen atoms in total. The first-order chi connectivity index (χ1) is 8.34. The van der Waals surface area contributed by atoms with Crippen molar-refractivity contribution in [1.82, 2.24) is 4.98 Å². The van der Waals surface area contributed by atoms with E-state index < -0.39 is 31.3 Å². The number of hydrogen-bond donors (Lipinski definition) is 1. The van der Waals surface area contributed by atoms with E-state index in [1.54, 1.807) is 0 Å². The van der Waals surface area contributed by atoms with Crippen molar-refractivity contribution >= 4 is 11.6 Å². The summed E-state index contributed by atoms with van der Waals surface area (Å²) in [5.74, 6) is -5.06. The average Bonchev–Trinajstić information content (AvgIpc) is 2.29. The van der Waals surface area contributed by atoms with Gasteiger partial charge in [0.1, 0.15) is 19.0 Å². The summed E-state index contributed by atoms with van der Waals surface area (Å²) in [6.07, 6.45) is -2.49. The first kappa shape index (κ1) is 14.4. The third-order valence-electron chi connectivity index (χ3n) is 1.99. The van der Waals surface area contributed by atoms with E-state index in [0.29, 0.717) is 0 Å². The third kappa shape index (κ3) is 3.66. The molecule has 0 saturated carbocycles. The molecule has 0 aliphatic rings. The number of ketones is 1. The maximum Gasteiger partial charge on any atom is 0.330 e. The van der Waals surface area contributed by atoms with Crippen molar-refractivity contribution < 1.29 is 27.1 Å². The van der Waals surface area contributed by atoms with Crippen LogP contribution in [0.25, 0.3) is 0 Å². The lowest BCUT2D eigenvalue weighted by atomic mass is 10.2. The summed E-state index contributed by atoms with van der Waals surface area (Å²) in [6.45, 7) is -2.30. The summed E-state index contributed by atoms with van der Waals surface area (Å²) < 4.78 is 52.7. The zero-order chi connectivity index (χ0) is 13.8. The van der Waals surface area contributed by atoms with Crippen molar-refractivity contribution in [1.29, 1.82) is 0 Å². The molecule has 0 atom stereocenters. The number of hydrogen-bond acceptors (Lipinski definition) is 4. The number of halogens is 4. The third-order valence-corrected chi connectivity index (χ3v) is 1.99. The van der Waals surface area contributed by atoms with Gasteiger partial charge < -0.3 is 10.5 Å². The minimum absolute atomic E-state index is 0.00198. The van der Waals surface area contributed by atoms with Crippen molar-refractivity contribution in [3.05, 3.63) is 23.9 Å². The van der Waals surface area contributed by atoms with Gasteiger partial charge in [-0.1, -0.05) is 0 Å². The van der Waals surface area contributed by atoms with E-state index in [9.17, 15) is 22.4 Å². The number of pyridine rings is 1. The van der Waals surface area contributed by atoms with Gasteiger partial charge in [-0.2, -0.15) is 8.78 Å². The molecule has 1 aromatic rings. The predicted octanol–water partition coefficient (Wildman–Crippen LogP) is 1.76. The molecule has 0 amide bonds. The van der Waals surface area contributed by atoms with Crippen LogP contribution in [0.3, 0.4) is 0 Å². The molecule has 0 saturated heterocycles. The van der Waals surface area contributed by atoms with Crippen molar-refractivity contribution in [2.45, 2.75) is 12.3 Å². The molecule has 0 bridgehead atoms. The Labute approximate surface area is 99.8 Å². The second-order valence-electron chi connectivity index (χ2n) is 3.41. The number of rotatable bonds is 6. The zero-order valence-corrected chi connectivity index (χ0v) is 9.08. The monoisotopic (exact) mass is 266 g/mol. The van der Waals surface area contributed by atoms with E-state index in [2.05, 4.69) is 9.72 Å². The Hall–Kier alpha value is -1.70. The average molecular weight is 266 g/mol. The van der Waals surface area contributed by atoms with Crippen LogP contribution in [0.4, 0.5) is 23.4 Å². The van der Waals surface area contributed by atoms with Gasteiger partial charge in [-0.15, -0.1) is 0 Å².